The van der Waals surface area contributed by atoms with Crippen LogP contribution in [0.3, 0.4) is 0 Å². The van der Waals surface area contributed by atoms with Crippen LogP contribution in [-0.2, 0) is 38.2 Å². The van der Waals surface area contributed by atoms with Crippen molar-refractivity contribution in [2.45, 2.75) is 86.1 Å². The maximum Gasteiger partial charge on any atom is 0.333 e. The molecule has 0 aliphatic carbocycles. The highest BCUT2D eigenvalue weighted by molar-refractivity contribution is 8.02. The van der Waals surface area contributed by atoms with Crippen LogP contribution < -0.4 is 0 Å². The van der Waals surface area contributed by atoms with E-state index in [1.807, 2.05) is 13.8 Å². The molecule has 176 valence electrons. The van der Waals surface area contributed by atoms with Crippen LogP contribution in [-0.4, -0.2) is 84.7 Å². The molecule has 4 aliphatic rings. The molecule has 4 aliphatic heterocycles. The molecule has 32 heavy (non-hydrogen) atoms. The van der Waals surface area contributed by atoms with Crippen LogP contribution in [0.4, 0.5) is 0 Å². The second-order valence-corrected chi connectivity index (χ2v) is 12.6. The molecule has 0 bridgehead atoms. The van der Waals surface area contributed by atoms with E-state index in [1.54, 1.807) is 18.7 Å². The number of amides is 2. The van der Waals surface area contributed by atoms with Crippen LogP contribution >= 0.6 is 23.5 Å². The van der Waals surface area contributed by atoms with Gasteiger partial charge in [-0.1, -0.05) is 0 Å². The predicted molar refractivity (Wildman–Crippen MR) is 114 cm³/mol. The lowest BCUT2D eigenvalue weighted by atomic mass is 9.97. The van der Waals surface area contributed by atoms with Gasteiger partial charge in [0, 0.05) is 18.6 Å². The maximum absolute atomic E-state index is 13.0. The number of carbonyl (C=O) groups excluding carboxylic acids is 5. The molecule has 10 nitrogen and oxygen atoms in total. The lowest BCUT2D eigenvalue weighted by Gasteiger charge is -2.38. The van der Waals surface area contributed by atoms with Crippen molar-refractivity contribution in [3.8, 4) is 0 Å². The molecule has 4 fully saturated rings. The van der Waals surface area contributed by atoms with E-state index >= 15 is 0 Å². The van der Waals surface area contributed by atoms with Gasteiger partial charge < -0.3 is 24.0 Å². The van der Waals surface area contributed by atoms with Crippen molar-refractivity contribution < 1.29 is 38.2 Å². The van der Waals surface area contributed by atoms with E-state index in [1.165, 1.54) is 35.4 Å². The first-order chi connectivity index (χ1) is 14.8. The second-order valence-electron chi connectivity index (χ2n) is 9.10. The number of thioether (sulfide) groups is 2. The zero-order valence-corrected chi connectivity index (χ0v) is 20.1. The normalized spacial score (nSPS) is 35.3. The Balaban J connectivity index is 1.42. The fraction of sp³-hybridized carbons (Fsp3) is 0.750. The molecule has 4 saturated heterocycles. The smallest absolute Gasteiger partial charge is 0.333 e. The summed E-state index contributed by atoms with van der Waals surface area (Å²) in [5.41, 5.74) is 0. The molecule has 0 radical (unpaired) electrons. The Morgan fingerprint density at radius 2 is 1.47 bits per heavy atom. The quantitative estimate of drug-likeness (QED) is 0.304. The Labute approximate surface area is 194 Å². The van der Waals surface area contributed by atoms with Crippen molar-refractivity contribution in [1.82, 2.24) is 9.80 Å². The Morgan fingerprint density at radius 3 is 2.00 bits per heavy atom. The summed E-state index contributed by atoms with van der Waals surface area (Å²) in [6.07, 6.45) is -0.522. The zero-order valence-electron chi connectivity index (χ0n) is 18.5. The summed E-state index contributed by atoms with van der Waals surface area (Å²) in [7, 11) is 0. The Kier molecular flexibility index (Phi) is 5.68. The van der Waals surface area contributed by atoms with Crippen molar-refractivity contribution in [2.24, 2.45) is 0 Å². The van der Waals surface area contributed by atoms with Gasteiger partial charge in [0.2, 0.25) is 18.1 Å². The SMILES string of the molecule is CC(=O)OC[C@]1(C)S[C@@H]2CC(=O)N2[C@H]1C(=O)OC(C)OC(=O)[C@@H]1N2C(=O)C[C@H]2SC1(C)C. The number of ether oxygens (including phenoxy) is 3. The number of β-lactam (4-membered cyclic amide) rings is 2. The molecule has 4 rings (SSSR count). The lowest BCUT2D eigenvalue weighted by molar-refractivity contribution is -0.196. The molecular weight excluding hydrogens is 460 g/mol. The van der Waals surface area contributed by atoms with Gasteiger partial charge in [0.05, 0.1) is 28.3 Å². The maximum atomic E-state index is 13.0. The van der Waals surface area contributed by atoms with Crippen molar-refractivity contribution in [3.05, 3.63) is 0 Å². The summed E-state index contributed by atoms with van der Waals surface area (Å²) in [5, 5.41) is -0.232. The Hall–Kier alpha value is -1.95. The molecule has 12 heteroatoms. The molecule has 2 amide bonds. The number of fused-ring (bicyclic) bond motifs is 2. The first kappa shape index (κ1) is 23.2. The number of nitrogens with zero attached hydrogens (tertiary/aromatic N) is 2. The van der Waals surface area contributed by atoms with E-state index in [0.717, 1.165) is 0 Å². The Bertz CT molecular complexity index is 895. The van der Waals surface area contributed by atoms with E-state index in [0.29, 0.717) is 12.8 Å². The number of rotatable bonds is 6. The zero-order chi connectivity index (χ0) is 23.6. The third-order valence-electron chi connectivity index (χ3n) is 6.11. The lowest BCUT2D eigenvalue weighted by Crippen LogP contribution is -2.59. The number of carbonyl (C=O) groups is 5. The molecule has 6 atom stereocenters. The van der Waals surface area contributed by atoms with Crippen LogP contribution in [0.1, 0.15) is 47.5 Å². The van der Waals surface area contributed by atoms with Gasteiger partial charge in [-0.05, 0) is 20.8 Å². The topological polar surface area (TPSA) is 120 Å². The fourth-order valence-corrected chi connectivity index (χ4v) is 7.92. The second kappa shape index (κ2) is 7.82. The molecule has 0 N–H and O–H groups in total. The largest absolute Gasteiger partial charge is 0.464 e. The third kappa shape index (κ3) is 3.74. The summed E-state index contributed by atoms with van der Waals surface area (Å²) in [5.74, 6) is -2.16. The summed E-state index contributed by atoms with van der Waals surface area (Å²) in [6, 6.07) is -1.74. The minimum Gasteiger partial charge on any atom is -0.464 e. The molecule has 0 aromatic heterocycles. The Morgan fingerprint density at radius 1 is 0.969 bits per heavy atom. The highest BCUT2D eigenvalue weighted by Crippen LogP contribution is 2.52. The first-order valence-corrected chi connectivity index (χ1v) is 12.1. The van der Waals surface area contributed by atoms with E-state index in [4.69, 9.17) is 14.2 Å². The average Bonchev–Trinajstić information content (AvgIpc) is 3.04. The minimum absolute atomic E-state index is 0.0419. The first-order valence-electron chi connectivity index (χ1n) is 10.4. The highest BCUT2D eigenvalue weighted by atomic mass is 32.2. The molecule has 0 aromatic rings. The summed E-state index contributed by atoms with van der Waals surface area (Å²) < 4.78 is 14.5. The monoisotopic (exact) mass is 486 g/mol. The molecule has 0 spiro atoms. The fourth-order valence-electron chi connectivity index (χ4n) is 4.64. The molecule has 0 aromatic carbocycles. The van der Waals surface area contributed by atoms with Crippen LogP contribution in [0.15, 0.2) is 0 Å². The number of hydrogen-bond donors (Lipinski definition) is 0. The van der Waals surface area contributed by atoms with Crippen LogP contribution in [0, 0.1) is 0 Å². The van der Waals surface area contributed by atoms with Crippen molar-refractivity contribution in [2.75, 3.05) is 6.61 Å². The van der Waals surface area contributed by atoms with Crippen molar-refractivity contribution >= 4 is 53.2 Å². The minimum atomic E-state index is -1.22. The van der Waals surface area contributed by atoms with Gasteiger partial charge in [0.1, 0.15) is 18.7 Å². The summed E-state index contributed by atoms with van der Waals surface area (Å²) >= 11 is 2.93. The van der Waals surface area contributed by atoms with Crippen LogP contribution in [0.2, 0.25) is 0 Å². The van der Waals surface area contributed by atoms with Gasteiger partial charge >= 0.3 is 17.9 Å². The predicted octanol–water partition coefficient (Wildman–Crippen LogP) is 0.867. The molecule has 0 saturated carbocycles. The van der Waals surface area contributed by atoms with Gasteiger partial charge in [-0.15, -0.1) is 23.5 Å². The van der Waals surface area contributed by atoms with E-state index in [9.17, 15) is 24.0 Å². The summed E-state index contributed by atoms with van der Waals surface area (Å²) in [4.78, 5) is 64.3. The average molecular weight is 487 g/mol. The molecular formula is C20H26N2O8S2. The van der Waals surface area contributed by atoms with Gasteiger partial charge in [-0.25, -0.2) is 9.59 Å². The van der Waals surface area contributed by atoms with E-state index in [2.05, 4.69) is 0 Å². The number of hydrogen-bond acceptors (Lipinski definition) is 10. The van der Waals surface area contributed by atoms with E-state index < -0.39 is 45.8 Å². The van der Waals surface area contributed by atoms with Crippen LogP contribution in [0.5, 0.6) is 0 Å². The van der Waals surface area contributed by atoms with Crippen molar-refractivity contribution in [3.63, 3.8) is 0 Å². The van der Waals surface area contributed by atoms with Gasteiger partial charge in [-0.3, -0.25) is 14.4 Å². The third-order valence-corrected chi connectivity index (χ3v) is 9.15. The number of esters is 3. The highest BCUT2D eigenvalue weighted by Gasteiger charge is 2.62. The van der Waals surface area contributed by atoms with Crippen LogP contribution in [0.25, 0.3) is 0 Å². The van der Waals surface area contributed by atoms with E-state index in [-0.39, 0.29) is 29.2 Å². The molecule has 4 heterocycles. The van der Waals surface area contributed by atoms with Crippen molar-refractivity contribution in [1.29, 1.82) is 0 Å². The van der Waals surface area contributed by atoms with Gasteiger partial charge in [0.25, 0.3) is 0 Å². The standard InChI is InChI=1S/C20H26N2O8S2/c1-9(23)28-8-20(5)16(22-12(25)7-14(22)32-20)18(27)30-10(2)29-17(26)15-19(3,4)31-13-6-11(24)21(13)15/h10,13-16H,6-8H2,1-5H3/t10?,13-,14-,15+,16+,20+/m1/s1. The van der Waals surface area contributed by atoms with Gasteiger partial charge in [-0.2, -0.15) is 0 Å². The molecule has 1 unspecified atom stereocenters. The summed E-state index contributed by atoms with van der Waals surface area (Å²) in [6.45, 7) is 8.11. The van der Waals surface area contributed by atoms with Gasteiger partial charge in [0.15, 0.2) is 0 Å².